The number of rotatable bonds is 5. The number of nitrogens with zero attached hydrogens (tertiary/aromatic N) is 3. The molecule has 1 N–H and O–H groups in total. The zero-order chi connectivity index (χ0) is 24.9. The Kier molecular flexibility index (Phi) is 7.80. The number of nitrogens with one attached hydrogen (secondary N) is 1. The highest BCUT2D eigenvalue weighted by Gasteiger charge is 2.32. The quantitative estimate of drug-likeness (QED) is 0.714. The van der Waals surface area contributed by atoms with E-state index in [2.05, 4.69) is 10.2 Å². The maximum absolute atomic E-state index is 13.1. The van der Waals surface area contributed by atoms with E-state index in [1.165, 1.54) is 24.3 Å². The van der Waals surface area contributed by atoms with Crippen molar-refractivity contribution in [3.8, 4) is 0 Å². The van der Waals surface area contributed by atoms with Crippen LogP contribution in [0.2, 0.25) is 0 Å². The van der Waals surface area contributed by atoms with Crippen molar-refractivity contribution in [3.05, 3.63) is 65.0 Å². The molecule has 0 unspecified atom stereocenters. The van der Waals surface area contributed by atoms with Crippen molar-refractivity contribution in [3.63, 3.8) is 0 Å². The molecule has 8 heteroatoms. The molecule has 2 aromatic carbocycles. The van der Waals surface area contributed by atoms with E-state index in [0.717, 1.165) is 16.8 Å². The van der Waals surface area contributed by atoms with Gasteiger partial charge in [-0.25, -0.2) is 4.39 Å². The SMILES string of the molecule is Cc1cccc(C)c1NC(=O)CN1CCN(C(=O)C2CCN(C(=O)c3ccc(F)cc3)CC2)CC1. The molecule has 2 aromatic rings. The van der Waals surface area contributed by atoms with Crippen LogP contribution in [0.3, 0.4) is 0 Å². The summed E-state index contributed by atoms with van der Waals surface area (Å²) in [5.41, 5.74) is 3.42. The van der Waals surface area contributed by atoms with Crippen molar-refractivity contribution in [2.45, 2.75) is 26.7 Å². The van der Waals surface area contributed by atoms with Gasteiger partial charge in [-0.1, -0.05) is 18.2 Å². The van der Waals surface area contributed by atoms with Gasteiger partial charge in [-0.3, -0.25) is 19.3 Å². The van der Waals surface area contributed by atoms with Gasteiger partial charge in [0.05, 0.1) is 6.54 Å². The fourth-order valence-corrected chi connectivity index (χ4v) is 4.88. The van der Waals surface area contributed by atoms with Gasteiger partial charge in [-0.15, -0.1) is 0 Å². The Morgan fingerprint density at radius 2 is 1.46 bits per heavy atom. The number of aryl methyl sites for hydroxylation is 2. The van der Waals surface area contributed by atoms with Crippen LogP contribution < -0.4 is 5.32 Å². The number of halogens is 1. The topological polar surface area (TPSA) is 73.0 Å². The third-order valence-corrected chi connectivity index (χ3v) is 7.02. The predicted octanol–water partition coefficient (Wildman–Crippen LogP) is 3.08. The molecular weight excluding hydrogens is 447 g/mol. The van der Waals surface area contributed by atoms with E-state index in [1.54, 1.807) is 4.90 Å². The first kappa shape index (κ1) is 24.9. The Hall–Kier alpha value is -3.26. The van der Waals surface area contributed by atoms with Crippen molar-refractivity contribution in [1.82, 2.24) is 14.7 Å². The van der Waals surface area contributed by atoms with E-state index in [1.807, 2.05) is 36.9 Å². The van der Waals surface area contributed by atoms with Crippen LogP contribution in [0.15, 0.2) is 42.5 Å². The van der Waals surface area contributed by atoms with E-state index < -0.39 is 0 Å². The highest BCUT2D eigenvalue weighted by Crippen LogP contribution is 2.23. The molecule has 0 bridgehead atoms. The number of hydrogen-bond acceptors (Lipinski definition) is 4. The first-order chi connectivity index (χ1) is 16.8. The number of anilines is 1. The highest BCUT2D eigenvalue weighted by atomic mass is 19.1. The summed E-state index contributed by atoms with van der Waals surface area (Å²) in [4.78, 5) is 44.0. The van der Waals surface area contributed by atoms with Gasteiger partial charge in [0, 0.05) is 56.4 Å². The Balaban J connectivity index is 1.21. The maximum atomic E-state index is 13.1. The molecule has 2 heterocycles. The number of carbonyl (C=O) groups is 3. The third kappa shape index (κ3) is 6.06. The highest BCUT2D eigenvalue weighted by molar-refractivity contribution is 5.94. The zero-order valence-electron chi connectivity index (χ0n) is 20.4. The normalized spacial score (nSPS) is 17.3. The second-order valence-corrected chi connectivity index (χ2v) is 9.49. The Bertz CT molecular complexity index is 1050. The van der Waals surface area contributed by atoms with Crippen molar-refractivity contribution >= 4 is 23.4 Å². The van der Waals surface area contributed by atoms with Gasteiger partial charge < -0.3 is 15.1 Å². The number of benzene rings is 2. The summed E-state index contributed by atoms with van der Waals surface area (Å²) in [6, 6.07) is 11.5. The summed E-state index contributed by atoms with van der Waals surface area (Å²) in [6.07, 6.45) is 1.26. The van der Waals surface area contributed by atoms with E-state index >= 15 is 0 Å². The van der Waals surface area contributed by atoms with Crippen LogP contribution in [0.5, 0.6) is 0 Å². The second-order valence-electron chi connectivity index (χ2n) is 9.49. The lowest BCUT2D eigenvalue weighted by molar-refractivity contribution is -0.138. The number of hydrogen-bond donors (Lipinski definition) is 1. The van der Waals surface area contributed by atoms with Crippen molar-refractivity contribution in [2.75, 3.05) is 51.1 Å². The monoisotopic (exact) mass is 480 g/mol. The molecule has 0 radical (unpaired) electrons. The number of likely N-dealkylation sites (tertiary alicyclic amines) is 1. The van der Waals surface area contributed by atoms with E-state index in [0.29, 0.717) is 64.2 Å². The van der Waals surface area contributed by atoms with Crippen LogP contribution in [0.1, 0.15) is 34.3 Å². The van der Waals surface area contributed by atoms with E-state index in [4.69, 9.17) is 0 Å². The molecule has 186 valence electrons. The number of carbonyl (C=O) groups excluding carboxylic acids is 3. The molecule has 0 atom stereocenters. The minimum Gasteiger partial charge on any atom is -0.340 e. The fraction of sp³-hybridized carbons (Fsp3) is 0.444. The average Bonchev–Trinajstić information content (AvgIpc) is 2.86. The van der Waals surface area contributed by atoms with Crippen LogP contribution in [0.25, 0.3) is 0 Å². The minimum absolute atomic E-state index is 0.0413. The zero-order valence-corrected chi connectivity index (χ0v) is 20.4. The predicted molar refractivity (Wildman–Crippen MR) is 133 cm³/mol. The van der Waals surface area contributed by atoms with Crippen molar-refractivity contribution < 1.29 is 18.8 Å². The molecule has 35 heavy (non-hydrogen) atoms. The first-order valence-electron chi connectivity index (χ1n) is 12.2. The van der Waals surface area contributed by atoms with Crippen molar-refractivity contribution in [2.24, 2.45) is 5.92 Å². The number of para-hydroxylation sites is 1. The van der Waals surface area contributed by atoms with Crippen LogP contribution in [0.4, 0.5) is 10.1 Å². The molecule has 2 fully saturated rings. The summed E-state index contributed by atoms with van der Waals surface area (Å²) >= 11 is 0. The molecule has 2 aliphatic heterocycles. The van der Waals surface area contributed by atoms with Crippen LogP contribution >= 0.6 is 0 Å². The summed E-state index contributed by atoms with van der Waals surface area (Å²) in [5.74, 6) is -0.485. The molecule has 2 saturated heterocycles. The van der Waals surface area contributed by atoms with Crippen molar-refractivity contribution in [1.29, 1.82) is 0 Å². The Labute approximate surface area is 205 Å². The smallest absolute Gasteiger partial charge is 0.253 e. The van der Waals surface area contributed by atoms with Gasteiger partial charge >= 0.3 is 0 Å². The summed E-state index contributed by atoms with van der Waals surface area (Å²) in [5, 5.41) is 3.03. The second kappa shape index (κ2) is 11.0. The molecule has 0 spiro atoms. The minimum atomic E-state index is -0.368. The molecule has 0 saturated carbocycles. The lowest BCUT2D eigenvalue weighted by atomic mass is 9.94. The lowest BCUT2D eigenvalue weighted by Crippen LogP contribution is -2.53. The van der Waals surface area contributed by atoms with Gasteiger partial charge in [0.15, 0.2) is 0 Å². The van der Waals surface area contributed by atoms with E-state index in [9.17, 15) is 18.8 Å². The first-order valence-corrected chi connectivity index (χ1v) is 12.2. The van der Waals surface area contributed by atoms with Crippen LogP contribution in [0, 0.1) is 25.6 Å². The summed E-state index contributed by atoms with van der Waals surface area (Å²) in [6.45, 7) is 7.83. The van der Waals surface area contributed by atoms with Gasteiger partial charge in [0.1, 0.15) is 5.82 Å². The largest absolute Gasteiger partial charge is 0.340 e. The maximum Gasteiger partial charge on any atom is 0.253 e. The molecule has 7 nitrogen and oxygen atoms in total. The number of piperazine rings is 1. The fourth-order valence-electron chi connectivity index (χ4n) is 4.88. The molecule has 3 amide bonds. The van der Waals surface area contributed by atoms with Gasteiger partial charge in [-0.05, 0) is 62.1 Å². The molecule has 0 aliphatic carbocycles. The molecule has 0 aromatic heterocycles. The van der Waals surface area contributed by atoms with Crippen LogP contribution in [-0.2, 0) is 9.59 Å². The molecule has 4 rings (SSSR count). The standard InChI is InChI=1S/C27H33FN4O3/c1-19-4-3-5-20(2)25(19)29-24(33)18-30-14-16-32(17-15-30)27(35)22-10-12-31(13-11-22)26(34)21-6-8-23(28)9-7-21/h3-9,22H,10-18H2,1-2H3,(H,29,33). The Morgan fingerprint density at radius 1 is 0.857 bits per heavy atom. The third-order valence-electron chi connectivity index (χ3n) is 7.02. The number of piperidine rings is 1. The van der Waals surface area contributed by atoms with Gasteiger partial charge in [0.25, 0.3) is 5.91 Å². The average molecular weight is 481 g/mol. The van der Waals surface area contributed by atoms with Gasteiger partial charge in [0.2, 0.25) is 11.8 Å². The summed E-state index contributed by atoms with van der Waals surface area (Å²) < 4.78 is 13.1. The lowest BCUT2D eigenvalue weighted by Gasteiger charge is -2.38. The summed E-state index contributed by atoms with van der Waals surface area (Å²) in [7, 11) is 0. The number of amides is 3. The molecule has 2 aliphatic rings. The Morgan fingerprint density at radius 3 is 2.06 bits per heavy atom. The van der Waals surface area contributed by atoms with Gasteiger partial charge in [-0.2, -0.15) is 0 Å². The van der Waals surface area contributed by atoms with Crippen LogP contribution in [-0.4, -0.2) is 78.2 Å². The molecular formula is C27H33FN4O3. The van der Waals surface area contributed by atoms with E-state index in [-0.39, 0.29) is 29.5 Å².